The van der Waals surface area contributed by atoms with Gasteiger partial charge in [0.25, 0.3) is 0 Å². The summed E-state index contributed by atoms with van der Waals surface area (Å²) in [5.74, 6) is 0.866. The van der Waals surface area contributed by atoms with Gasteiger partial charge in [-0.25, -0.2) is 0 Å². The van der Waals surface area contributed by atoms with E-state index in [1.54, 1.807) is 24.5 Å². The van der Waals surface area contributed by atoms with Gasteiger partial charge in [-0.2, -0.15) is 0 Å². The monoisotopic (exact) mass is 356 g/mol. The van der Waals surface area contributed by atoms with E-state index in [0.717, 1.165) is 16.4 Å². The fraction of sp³-hybridized carbons (Fsp3) is 0.176. The molecule has 0 N–H and O–H groups in total. The van der Waals surface area contributed by atoms with Crippen LogP contribution in [-0.4, -0.2) is 32.0 Å². The Hall–Kier alpha value is -2.87. The Morgan fingerprint density at radius 3 is 2.76 bits per heavy atom. The lowest BCUT2D eigenvalue weighted by Crippen LogP contribution is -2.04. The minimum absolute atomic E-state index is 0.0319. The summed E-state index contributed by atoms with van der Waals surface area (Å²) in [4.78, 5) is 10.5. The van der Waals surface area contributed by atoms with E-state index in [9.17, 15) is 10.1 Å². The number of nitrogens with zero attached hydrogens (tertiary/aromatic N) is 4. The molecule has 7 nitrogen and oxygen atoms in total. The van der Waals surface area contributed by atoms with Crippen LogP contribution in [0, 0.1) is 17.0 Å². The van der Waals surface area contributed by atoms with E-state index in [1.807, 2.05) is 35.8 Å². The molecule has 0 fully saturated rings. The molecule has 25 heavy (non-hydrogen) atoms. The van der Waals surface area contributed by atoms with E-state index in [1.165, 1.54) is 17.8 Å². The molecular weight excluding hydrogens is 340 g/mol. The molecule has 0 aliphatic heterocycles. The van der Waals surface area contributed by atoms with Crippen molar-refractivity contribution in [3.63, 3.8) is 0 Å². The first-order chi connectivity index (χ1) is 12.2. The topological polar surface area (TPSA) is 83.1 Å². The number of ether oxygens (including phenoxy) is 1. The number of nitro groups is 1. The maximum absolute atomic E-state index is 11.0. The van der Waals surface area contributed by atoms with Crippen molar-refractivity contribution in [3.8, 4) is 11.4 Å². The van der Waals surface area contributed by atoms with Gasteiger partial charge in [0, 0.05) is 11.8 Å². The number of hydrogen-bond acceptors (Lipinski definition) is 6. The van der Waals surface area contributed by atoms with Gasteiger partial charge in [0.1, 0.15) is 6.33 Å². The van der Waals surface area contributed by atoms with Crippen molar-refractivity contribution in [2.75, 3.05) is 12.4 Å². The third-order valence-electron chi connectivity index (χ3n) is 3.53. The standard InChI is InChI=1S/C17H16N4O3S/c1-13-6-2-3-7-14(13)20-12-18-19-17(20)25-11-10-24-16-9-5-4-8-15(16)21(22)23/h2-9,12H,10-11H2,1H3. The van der Waals surface area contributed by atoms with E-state index in [0.29, 0.717) is 12.4 Å². The summed E-state index contributed by atoms with van der Waals surface area (Å²) in [5.41, 5.74) is 2.12. The second-order valence-electron chi connectivity index (χ2n) is 5.19. The normalized spacial score (nSPS) is 10.6. The Balaban J connectivity index is 1.62. The van der Waals surface area contributed by atoms with Gasteiger partial charge in [-0.15, -0.1) is 10.2 Å². The Bertz CT molecular complexity index is 882. The van der Waals surface area contributed by atoms with Crippen LogP contribution < -0.4 is 4.74 Å². The van der Waals surface area contributed by atoms with Gasteiger partial charge < -0.3 is 4.74 Å². The molecule has 0 amide bonds. The number of thioether (sulfide) groups is 1. The van der Waals surface area contributed by atoms with Crippen LogP contribution in [0.15, 0.2) is 60.0 Å². The van der Waals surface area contributed by atoms with Crippen molar-refractivity contribution >= 4 is 17.4 Å². The maximum atomic E-state index is 11.0. The number of hydrogen-bond donors (Lipinski definition) is 0. The SMILES string of the molecule is Cc1ccccc1-n1cnnc1SCCOc1ccccc1[N+](=O)[O-]. The summed E-state index contributed by atoms with van der Waals surface area (Å²) in [6.45, 7) is 2.36. The minimum Gasteiger partial charge on any atom is -0.486 e. The molecule has 128 valence electrons. The highest BCUT2D eigenvalue weighted by molar-refractivity contribution is 7.99. The van der Waals surface area contributed by atoms with E-state index < -0.39 is 4.92 Å². The van der Waals surface area contributed by atoms with E-state index in [-0.39, 0.29) is 11.4 Å². The molecule has 0 bridgehead atoms. The zero-order valence-corrected chi connectivity index (χ0v) is 14.3. The molecule has 0 atom stereocenters. The van der Waals surface area contributed by atoms with E-state index >= 15 is 0 Å². The van der Waals surface area contributed by atoms with Gasteiger partial charge in [0.05, 0.1) is 17.2 Å². The number of aromatic nitrogens is 3. The second kappa shape index (κ2) is 7.80. The average Bonchev–Trinajstić information content (AvgIpc) is 3.07. The lowest BCUT2D eigenvalue weighted by molar-refractivity contribution is -0.385. The Kier molecular flexibility index (Phi) is 5.30. The Labute approximate surface area is 148 Å². The molecule has 0 unspecified atom stereocenters. The molecule has 0 radical (unpaired) electrons. The van der Waals surface area contributed by atoms with Crippen molar-refractivity contribution in [2.45, 2.75) is 12.1 Å². The first-order valence-corrected chi connectivity index (χ1v) is 8.60. The largest absolute Gasteiger partial charge is 0.486 e. The summed E-state index contributed by atoms with van der Waals surface area (Å²) in [6.07, 6.45) is 1.67. The molecule has 2 aromatic carbocycles. The van der Waals surface area contributed by atoms with Gasteiger partial charge in [0.15, 0.2) is 10.9 Å². The molecule has 0 saturated heterocycles. The molecule has 0 aliphatic rings. The third kappa shape index (κ3) is 3.97. The number of rotatable bonds is 7. The molecule has 1 heterocycles. The third-order valence-corrected chi connectivity index (χ3v) is 4.43. The minimum atomic E-state index is -0.447. The number of para-hydroxylation sites is 3. The lowest BCUT2D eigenvalue weighted by Gasteiger charge is -2.09. The van der Waals surface area contributed by atoms with Gasteiger partial charge >= 0.3 is 5.69 Å². The molecule has 1 aromatic heterocycles. The van der Waals surface area contributed by atoms with Crippen molar-refractivity contribution in [3.05, 3.63) is 70.5 Å². The van der Waals surface area contributed by atoms with E-state index in [2.05, 4.69) is 10.2 Å². The molecule has 3 aromatic rings. The van der Waals surface area contributed by atoms with Crippen LogP contribution in [0.5, 0.6) is 5.75 Å². The van der Waals surface area contributed by atoms with Crippen molar-refractivity contribution in [1.82, 2.24) is 14.8 Å². The molecule has 8 heteroatoms. The number of benzene rings is 2. The van der Waals surface area contributed by atoms with E-state index in [4.69, 9.17) is 4.74 Å². The predicted octanol–water partition coefficient (Wildman–Crippen LogP) is 3.66. The summed E-state index contributed by atoms with van der Waals surface area (Å²) in [7, 11) is 0. The summed E-state index contributed by atoms with van der Waals surface area (Å²) in [5, 5.41) is 19.8. The fourth-order valence-corrected chi connectivity index (χ4v) is 3.08. The molecule has 3 rings (SSSR count). The average molecular weight is 356 g/mol. The van der Waals surface area contributed by atoms with Gasteiger partial charge in [0.2, 0.25) is 0 Å². The zero-order valence-electron chi connectivity index (χ0n) is 13.5. The smallest absolute Gasteiger partial charge is 0.310 e. The van der Waals surface area contributed by atoms with Gasteiger partial charge in [-0.3, -0.25) is 14.7 Å². The second-order valence-corrected chi connectivity index (χ2v) is 6.25. The summed E-state index contributed by atoms with van der Waals surface area (Å²) >= 11 is 1.49. The molecule has 0 spiro atoms. The molecule has 0 aliphatic carbocycles. The van der Waals surface area contributed by atoms with Crippen LogP contribution >= 0.6 is 11.8 Å². The Morgan fingerprint density at radius 2 is 1.96 bits per heavy atom. The van der Waals surface area contributed by atoms with Crippen LogP contribution in [0.4, 0.5) is 5.69 Å². The Morgan fingerprint density at radius 1 is 1.20 bits per heavy atom. The van der Waals surface area contributed by atoms with Crippen LogP contribution in [0.2, 0.25) is 0 Å². The van der Waals surface area contributed by atoms with Gasteiger partial charge in [-0.05, 0) is 24.6 Å². The van der Waals surface area contributed by atoms with Gasteiger partial charge in [-0.1, -0.05) is 42.1 Å². The van der Waals surface area contributed by atoms with Crippen LogP contribution in [0.1, 0.15) is 5.56 Å². The van der Waals surface area contributed by atoms with Crippen LogP contribution in [0.3, 0.4) is 0 Å². The highest BCUT2D eigenvalue weighted by Crippen LogP contribution is 2.26. The summed E-state index contributed by atoms with van der Waals surface area (Å²) in [6, 6.07) is 14.3. The first-order valence-electron chi connectivity index (χ1n) is 7.62. The fourth-order valence-electron chi connectivity index (χ4n) is 2.34. The van der Waals surface area contributed by atoms with Crippen molar-refractivity contribution in [1.29, 1.82) is 0 Å². The zero-order chi connectivity index (χ0) is 17.6. The number of aryl methyl sites for hydroxylation is 1. The highest BCUT2D eigenvalue weighted by Gasteiger charge is 2.14. The highest BCUT2D eigenvalue weighted by atomic mass is 32.2. The van der Waals surface area contributed by atoms with Crippen molar-refractivity contribution < 1.29 is 9.66 Å². The number of nitro benzene ring substituents is 1. The molecular formula is C17H16N4O3S. The maximum Gasteiger partial charge on any atom is 0.310 e. The van der Waals surface area contributed by atoms with Crippen LogP contribution in [0.25, 0.3) is 5.69 Å². The quantitative estimate of drug-likeness (QED) is 0.278. The summed E-state index contributed by atoms with van der Waals surface area (Å²) < 4.78 is 7.47. The predicted molar refractivity (Wildman–Crippen MR) is 95.4 cm³/mol. The van der Waals surface area contributed by atoms with Crippen molar-refractivity contribution in [2.24, 2.45) is 0 Å². The molecule has 0 saturated carbocycles. The van der Waals surface area contributed by atoms with Crippen LogP contribution in [-0.2, 0) is 0 Å². The lowest BCUT2D eigenvalue weighted by atomic mass is 10.2. The first kappa shape index (κ1) is 17.0.